The summed E-state index contributed by atoms with van der Waals surface area (Å²) in [7, 11) is 0. The first-order valence-electron chi connectivity index (χ1n) is 20.8. The zero-order chi connectivity index (χ0) is 40.9. The van der Waals surface area contributed by atoms with Gasteiger partial charge in [-0.2, -0.15) is 0 Å². The van der Waals surface area contributed by atoms with E-state index in [4.69, 9.17) is 53.9 Å². The van der Waals surface area contributed by atoms with Gasteiger partial charge in [-0.25, -0.2) is 19.9 Å². The van der Waals surface area contributed by atoms with Crippen LogP contribution in [0.3, 0.4) is 0 Å². The molecule has 6 heterocycles. The average molecular weight is 894 g/mol. The molecule has 0 amide bonds. The fraction of sp³-hybridized carbons (Fsp3) is 0.319. The smallest absolute Gasteiger partial charge is 0.138 e. The maximum atomic E-state index is 7.17. The Bertz CT molecular complexity index is 2840. The van der Waals surface area contributed by atoms with Crippen molar-refractivity contribution < 1.29 is 9.15 Å². The number of halogens is 3. The lowest BCUT2D eigenvalue weighted by Gasteiger charge is -2.25. The van der Waals surface area contributed by atoms with Gasteiger partial charge in [-0.1, -0.05) is 66.8 Å². The van der Waals surface area contributed by atoms with E-state index in [0.717, 1.165) is 116 Å². The van der Waals surface area contributed by atoms with Crippen LogP contribution >= 0.6 is 57.5 Å². The molecule has 2 atom stereocenters. The second-order valence-corrected chi connectivity index (χ2v) is 19.1. The second-order valence-electron chi connectivity index (χ2n) is 15.7. The minimum Gasteiger partial charge on any atom is -0.489 e. The molecular formula is C47H43Cl3N6O2S2. The van der Waals surface area contributed by atoms with Gasteiger partial charge in [0.05, 0.1) is 23.9 Å². The molecule has 2 N–H and O–H groups in total. The highest BCUT2D eigenvalue weighted by Crippen LogP contribution is 2.44. The lowest BCUT2D eigenvalue weighted by Crippen LogP contribution is -2.18. The Kier molecular flexibility index (Phi) is 11.1. The Hall–Kier alpha value is -4.45. The van der Waals surface area contributed by atoms with E-state index in [2.05, 4.69) is 70.9 Å². The quantitative estimate of drug-likeness (QED) is 0.133. The first kappa shape index (κ1) is 39.7. The molecular weight excluding hydrogens is 851 g/mol. The summed E-state index contributed by atoms with van der Waals surface area (Å²) in [6.07, 6.45) is 16.8. The number of ether oxygens (including phenoxy) is 1. The van der Waals surface area contributed by atoms with Gasteiger partial charge in [0.25, 0.3) is 0 Å². The van der Waals surface area contributed by atoms with Crippen LogP contribution < -0.4 is 10.6 Å². The molecule has 5 aromatic heterocycles. The average Bonchev–Trinajstić information content (AvgIpc) is 3.98. The molecule has 0 fully saturated rings. The van der Waals surface area contributed by atoms with Crippen LogP contribution in [0.1, 0.15) is 89.0 Å². The number of rotatable bonds is 11. The Labute approximate surface area is 372 Å². The SMILES string of the molecule is CCc1oc(CNc2ncnc3sc4c(c23)CCC(c2ccc(C3=CC(CC)OC(CNc5ncnc6sc7c(c56)CCCC7)=C3)c(Cl)c2)C4)cc1-c1ccc(Cl)cc1Cl. The number of aryl methyl sites for hydroxylation is 4. The summed E-state index contributed by atoms with van der Waals surface area (Å²) in [5, 5.41) is 11.4. The Morgan fingerprint density at radius 2 is 1.47 bits per heavy atom. The lowest BCUT2D eigenvalue weighted by molar-refractivity contribution is 0.148. The number of nitrogens with zero attached hydrogens (tertiary/aromatic N) is 4. The van der Waals surface area contributed by atoms with E-state index in [1.54, 1.807) is 30.1 Å². The number of thiophene rings is 2. The van der Waals surface area contributed by atoms with Crippen molar-refractivity contribution in [3.8, 4) is 11.1 Å². The van der Waals surface area contributed by atoms with Crippen molar-refractivity contribution in [1.29, 1.82) is 0 Å². The number of nitrogens with one attached hydrogen (secondary N) is 2. The molecule has 3 aliphatic rings. The summed E-state index contributed by atoms with van der Waals surface area (Å²) >= 11 is 23.5. The van der Waals surface area contributed by atoms with E-state index in [9.17, 15) is 0 Å². The highest BCUT2D eigenvalue weighted by molar-refractivity contribution is 7.19. The molecule has 10 rings (SSSR count). The Morgan fingerprint density at radius 3 is 2.22 bits per heavy atom. The molecule has 13 heteroatoms. The van der Waals surface area contributed by atoms with E-state index in [0.29, 0.717) is 29.1 Å². The minimum absolute atomic E-state index is 0.0390. The van der Waals surface area contributed by atoms with Crippen molar-refractivity contribution >= 4 is 95.1 Å². The molecule has 306 valence electrons. The maximum absolute atomic E-state index is 7.17. The van der Waals surface area contributed by atoms with Gasteiger partial charge in [-0.05, 0) is 116 Å². The molecule has 1 aliphatic heterocycles. The van der Waals surface area contributed by atoms with Gasteiger partial charge in [-0.3, -0.25) is 0 Å². The van der Waals surface area contributed by atoms with E-state index < -0.39 is 0 Å². The molecule has 2 aromatic carbocycles. The third kappa shape index (κ3) is 7.59. The number of anilines is 2. The third-order valence-corrected chi connectivity index (χ3v) is 15.2. The van der Waals surface area contributed by atoms with E-state index >= 15 is 0 Å². The van der Waals surface area contributed by atoms with Crippen LogP contribution in [-0.4, -0.2) is 32.6 Å². The van der Waals surface area contributed by atoms with E-state index in [1.807, 2.05) is 23.5 Å². The summed E-state index contributed by atoms with van der Waals surface area (Å²) < 4.78 is 12.7. The molecule has 0 saturated heterocycles. The van der Waals surface area contributed by atoms with E-state index in [-0.39, 0.29) is 6.10 Å². The van der Waals surface area contributed by atoms with Gasteiger partial charge in [-0.15, -0.1) is 22.7 Å². The molecule has 2 aliphatic carbocycles. The summed E-state index contributed by atoms with van der Waals surface area (Å²) in [4.78, 5) is 23.6. The van der Waals surface area contributed by atoms with E-state index in [1.165, 1.54) is 44.7 Å². The normalized spacial score (nSPS) is 17.6. The second kappa shape index (κ2) is 16.8. The Balaban J connectivity index is 0.846. The van der Waals surface area contributed by atoms with Crippen LogP contribution in [0.4, 0.5) is 11.6 Å². The van der Waals surface area contributed by atoms with Crippen LogP contribution in [0.2, 0.25) is 15.1 Å². The number of benzene rings is 2. The van der Waals surface area contributed by atoms with Gasteiger partial charge in [0.1, 0.15) is 57.3 Å². The minimum atomic E-state index is -0.0390. The highest BCUT2D eigenvalue weighted by Gasteiger charge is 2.28. The summed E-state index contributed by atoms with van der Waals surface area (Å²) in [5.41, 5.74) is 8.01. The number of hydrogen-bond acceptors (Lipinski definition) is 10. The molecule has 0 saturated carbocycles. The first-order chi connectivity index (χ1) is 29.3. The largest absolute Gasteiger partial charge is 0.489 e. The fourth-order valence-corrected chi connectivity index (χ4v) is 12.3. The number of aromatic nitrogens is 4. The molecule has 8 nitrogen and oxygen atoms in total. The van der Waals surface area contributed by atoms with Crippen LogP contribution in [0.15, 0.2) is 77.4 Å². The molecule has 0 bridgehead atoms. The van der Waals surface area contributed by atoms with Crippen molar-refractivity contribution in [3.05, 3.63) is 132 Å². The topological polar surface area (TPSA) is 98.0 Å². The zero-order valence-electron chi connectivity index (χ0n) is 33.3. The van der Waals surface area contributed by atoms with Crippen molar-refractivity contribution in [2.45, 2.75) is 90.2 Å². The van der Waals surface area contributed by atoms with Crippen LogP contribution in [-0.2, 0) is 43.4 Å². The van der Waals surface area contributed by atoms with Gasteiger partial charge in [0.15, 0.2) is 0 Å². The van der Waals surface area contributed by atoms with Crippen LogP contribution in [0.25, 0.3) is 37.1 Å². The van der Waals surface area contributed by atoms with Gasteiger partial charge in [0, 0.05) is 47.9 Å². The third-order valence-electron chi connectivity index (χ3n) is 12.0. The molecule has 0 radical (unpaired) electrons. The Morgan fingerprint density at radius 1 is 0.750 bits per heavy atom. The number of fused-ring (bicyclic) bond motifs is 6. The lowest BCUT2D eigenvalue weighted by atomic mass is 9.82. The maximum Gasteiger partial charge on any atom is 0.138 e. The number of hydrogen-bond donors (Lipinski definition) is 2. The predicted molar refractivity (Wildman–Crippen MR) is 248 cm³/mol. The van der Waals surface area contributed by atoms with Crippen LogP contribution in [0, 0.1) is 0 Å². The van der Waals surface area contributed by atoms with Gasteiger partial charge in [0.2, 0.25) is 0 Å². The van der Waals surface area contributed by atoms with Gasteiger partial charge >= 0.3 is 0 Å². The van der Waals surface area contributed by atoms with Crippen molar-refractivity contribution in [2.24, 2.45) is 0 Å². The van der Waals surface area contributed by atoms with Crippen LogP contribution in [0.5, 0.6) is 0 Å². The van der Waals surface area contributed by atoms with Crippen molar-refractivity contribution in [3.63, 3.8) is 0 Å². The molecule has 7 aromatic rings. The summed E-state index contributed by atoms with van der Waals surface area (Å²) in [6, 6.07) is 14.2. The first-order valence-corrected chi connectivity index (χ1v) is 23.5. The number of allylic oxidation sites excluding steroid dienone is 2. The van der Waals surface area contributed by atoms with Crippen molar-refractivity contribution in [1.82, 2.24) is 19.9 Å². The standard InChI is InChI=1S/C47H43Cl3N6O2S2/c1-3-29-15-27(16-30(57-29)21-51-44-42-34-7-5-6-8-40(34)59-46(42)55-23-53-44)32-12-9-25(17-37(32)49)26-10-13-35-41(18-26)60-47-43(35)45(54-24-56-47)52-22-31-20-36(39(4-2)58-31)33-14-11-28(48)19-38(33)50/h9,11-12,14-17,19-20,23-24,26,29H,3-8,10,13,18,21-22H2,1-2H3,(H,51,53,55)(H,52,54,56). The zero-order valence-corrected chi connectivity index (χ0v) is 37.2. The molecule has 0 spiro atoms. The van der Waals surface area contributed by atoms with Crippen molar-refractivity contribution in [2.75, 3.05) is 17.2 Å². The van der Waals surface area contributed by atoms with Gasteiger partial charge < -0.3 is 19.8 Å². The molecule has 2 unspecified atom stereocenters. The monoisotopic (exact) mass is 892 g/mol. The highest BCUT2D eigenvalue weighted by atomic mass is 35.5. The molecule has 60 heavy (non-hydrogen) atoms. The predicted octanol–water partition coefficient (Wildman–Crippen LogP) is 13.4. The fourth-order valence-electron chi connectivity index (χ4n) is 9.03. The summed E-state index contributed by atoms with van der Waals surface area (Å²) in [6.45, 7) is 5.25. The number of furan rings is 1. The summed E-state index contributed by atoms with van der Waals surface area (Å²) in [5.74, 6) is 4.64.